The Hall–Kier alpha value is -0.980. The third-order valence-corrected chi connectivity index (χ3v) is 3.82. The van der Waals surface area contributed by atoms with E-state index in [-0.39, 0.29) is 24.7 Å². The van der Waals surface area contributed by atoms with Crippen LogP contribution in [0.4, 0.5) is 0 Å². The third-order valence-electron chi connectivity index (χ3n) is 3.18. The summed E-state index contributed by atoms with van der Waals surface area (Å²) in [7, 11) is 1.62. The summed E-state index contributed by atoms with van der Waals surface area (Å²) >= 11 is 3.31. The number of ether oxygens (including phenoxy) is 1. The van der Waals surface area contributed by atoms with Crippen molar-refractivity contribution in [2.45, 2.75) is 18.6 Å². The monoisotopic (exact) mass is 314 g/mol. The lowest BCUT2D eigenvalue weighted by Gasteiger charge is -2.23. The molecule has 0 aromatic carbocycles. The van der Waals surface area contributed by atoms with E-state index in [9.17, 15) is 9.90 Å². The van der Waals surface area contributed by atoms with Gasteiger partial charge in [0.25, 0.3) is 5.91 Å². The molecule has 0 unspecified atom stereocenters. The maximum absolute atomic E-state index is 12.4. The number of rotatable bonds is 3. The molecule has 1 N–H and O–H groups in total. The number of hydrogen-bond acceptors (Lipinski definition) is 4. The minimum absolute atomic E-state index is 0.00767. The molecule has 2 atom stereocenters. The van der Waals surface area contributed by atoms with Crippen LogP contribution in [0.25, 0.3) is 0 Å². The van der Waals surface area contributed by atoms with Crippen molar-refractivity contribution in [3.8, 4) is 0 Å². The molecule has 1 aromatic heterocycles. The van der Waals surface area contributed by atoms with Crippen LogP contribution in [0.5, 0.6) is 0 Å². The summed E-state index contributed by atoms with van der Waals surface area (Å²) in [6, 6.07) is 1.49. The molecule has 2 rings (SSSR count). The molecular weight excluding hydrogens is 300 g/mol. The number of aromatic nitrogens is 1. The SMILES string of the molecule is CO[C@@H]1C[C@@H](CO)N(C(=O)c2ccncc2Br)C1. The second-order valence-corrected chi connectivity index (χ2v) is 5.10. The van der Waals surface area contributed by atoms with Crippen molar-refractivity contribution in [3.63, 3.8) is 0 Å². The largest absolute Gasteiger partial charge is 0.394 e. The average Bonchev–Trinajstić information content (AvgIpc) is 2.82. The molecule has 0 bridgehead atoms. The molecule has 1 saturated heterocycles. The molecule has 1 fully saturated rings. The fraction of sp³-hybridized carbons (Fsp3) is 0.500. The van der Waals surface area contributed by atoms with Crippen LogP contribution in [0, 0.1) is 0 Å². The molecule has 5 nitrogen and oxygen atoms in total. The molecular formula is C12H15BrN2O3. The first-order valence-electron chi connectivity index (χ1n) is 5.71. The molecule has 18 heavy (non-hydrogen) atoms. The minimum atomic E-state index is -0.178. The lowest BCUT2D eigenvalue weighted by Crippen LogP contribution is -2.38. The normalized spacial score (nSPS) is 23.4. The van der Waals surface area contributed by atoms with E-state index in [1.165, 1.54) is 0 Å². The van der Waals surface area contributed by atoms with Gasteiger partial charge in [-0.25, -0.2) is 0 Å². The Labute approximate surface area is 114 Å². The zero-order valence-electron chi connectivity index (χ0n) is 10.0. The Balaban J connectivity index is 2.21. The van der Waals surface area contributed by atoms with Gasteiger partial charge in [0.15, 0.2) is 0 Å². The molecule has 0 radical (unpaired) electrons. The Bertz CT molecular complexity index is 441. The van der Waals surface area contributed by atoms with E-state index in [4.69, 9.17) is 4.74 Å². The fourth-order valence-electron chi connectivity index (χ4n) is 2.17. The Morgan fingerprint density at radius 3 is 3.11 bits per heavy atom. The quantitative estimate of drug-likeness (QED) is 0.906. The highest BCUT2D eigenvalue weighted by molar-refractivity contribution is 9.10. The van der Waals surface area contributed by atoms with Gasteiger partial charge in [0.05, 0.1) is 24.3 Å². The van der Waals surface area contributed by atoms with Gasteiger partial charge in [-0.3, -0.25) is 9.78 Å². The molecule has 1 aliphatic heterocycles. The van der Waals surface area contributed by atoms with Gasteiger partial charge in [0.2, 0.25) is 0 Å². The van der Waals surface area contributed by atoms with Crippen molar-refractivity contribution < 1.29 is 14.6 Å². The van der Waals surface area contributed by atoms with Gasteiger partial charge in [-0.1, -0.05) is 0 Å². The number of amides is 1. The van der Waals surface area contributed by atoms with Gasteiger partial charge in [-0.15, -0.1) is 0 Å². The maximum atomic E-state index is 12.4. The van der Waals surface area contributed by atoms with E-state index >= 15 is 0 Å². The lowest BCUT2D eigenvalue weighted by molar-refractivity contribution is 0.0647. The van der Waals surface area contributed by atoms with E-state index in [0.717, 1.165) is 0 Å². The number of hydrogen-bond donors (Lipinski definition) is 1. The number of pyridine rings is 1. The minimum Gasteiger partial charge on any atom is -0.394 e. The first kappa shape index (κ1) is 13.5. The number of carbonyl (C=O) groups excluding carboxylic acids is 1. The summed E-state index contributed by atoms with van der Waals surface area (Å²) in [6.07, 6.45) is 3.83. The third kappa shape index (κ3) is 2.55. The smallest absolute Gasteiger partial charge is 0.255 e. The molecule has 0 spiro atoms. The van der Waals surface area contributed by atoms with E-state index in [1.54, 1.807) is 30.5 Å². The van der Waals surface area contributed by atoms with Gasteiger partial charge in [0.1, 0.15) is 0 Å². The number of halogens is 1. The zero-order valence-corrected chi connectivity index (χ0v) is 11.6. The van der Waals surface area contributed by atoms with Gasteiger partial charge >= 0.3 is 0 Å². The number of methoxy groups -OCH3 is 1. The van der Waals surface area contributed by atoms with Crippen LogP contribution in [-0.4, -0.2) is 53.3 Å². The van der Waals surface area contributed by atoms with Gasteiger partial charge < -0.3 is 14.7 Å². The number of carbonyl (C=O) groups is 1. The van der Waals surface area contributed by atoms with E-state index in [1.807, 2.05) is 0 Å². The van der Waals surface area contributed by atoms with Crippen molar-refractivity contribution in [3.05, 3.63) is 28.5 Å². The number of aliphatic hydroxyl groups is 1. The highest BCUT2D eigenvalue weighted by atomic mass is 79.9. The first-order valence-corrected chi connectivity index (χ1v) is 6.50. The second kappa shape index (κ2) is 5.77. The molecule has 0 aliphatic carbocycles. The highest BCUT2D eigenvalue weighted by Gasteiger charge is 2.35. The summed E-state index contributed by atoms with van der Waals surface area (Å²) in [5.74, 6) is -0.108. The summed E-state index contributed by atoms with van der Waals surface area (Å²) in [5.41, 5.74) is 0.556. The van der Waals surface area contributed by atoms with Gasteiger partial charge in [-0.05, 0) is 28.4 Å². The summed E-state index contributed by atoms with van der Waals surface area (Å²) in [4.78, 5) is 18.0. The van der Waals surface area contributed by atoms with Crippen LogP contribution < -0.4 is 0 Å². The Morgan fingerprint density at radius 1 is 1.72 bits per heavy atom. The topological polar surface area (TPSA) is 62.7 Å². The zero-order chi connectivity index (χ0) is 13.1. The Kier molecular flexibility index (Phi) is 4.31. The van der Waals surface area contributed by atoms with Gasteiger partial charge in [0, 0.05) is 30.5 Å². The maximum Gasteiger partial charge on any atom is 0.255 e. The highest BCUT2D eigenvalue weighted by Crippen LogP contribution is 2.24. The van der Waals surface area contributed by atoms with E-state index < -0.39 is 0 Å². The molecule has 1 aliphatic rings. The van der Waals surface area contributed by atoms with Crippen molar-refractivity contribution >= 4 is 21.8 Å². The Morgan fingerprint density at radius 2 is 2.50 bits per heavy atom. The molecule has 98 valence electrons. The van der Waals surface area contributed by atoms with Gasteiger partial charge in [-0.2, -0.15) is 0 Å². The van der Waals surface area contributed by atoms with E-state index in [0.29, 0.717) is 23.0 Å². The number of nitrogens with zero attached hydrogens (tertiary/aromatic N) is 2. The molecule has 1 amide bonds. The average molecular weight is 315 g/mol. The standard InChI is InChI=1S/C12H15BrN2O3/c1-18-9-4-8(7-16)15(6-9)12(17)10-2-3-14-5-11(10)13/h2-3,5,8-9,16H,4,6-7H2,1H3/t8-,9+/m0/s1. The van der Waals surface area contributed by atoms with Crippen molar-refractivity contribution in [2.24, 2.45) is 0 Å². The summed E-state index contributed by atoms with van der Waals surface area (Å²) in [5, 5.41) is 9.34. The van der Waals surface area contributed by atoms with Crippen molar-refractivity contribution in [1.82, 2.24) is 9.88 Å². The van der Waals surface area contributed by atoms with Crippen LogP contribution in [0.15, 0.2) is 22.9 Å². The van der Waals surface area contributed by atoms with Crippen LogP contribution >= 0.6 is 15.9 Å². The summed E-state index contributed by atoms with van der Waals surface area (Å²) in [6.45, 7) is 0.462. The lowest BCUT2D eigenvalue weighted by atomic mass is 10.2. The van der Waals surface area contributed by atoms with Crippen LogP contribution in [0.2, 0.25) is 0 Å². The molecule has 2 heterocycles. The summed E-state index contributed by atoms with van der Waals surface area (Å²) < 4.78 is 5.92. The number of aliphatic hydroxyl groups excluding tert-OH is 1. The number of likely N-dealkylation sites (tertiary alicyclic amines) is 1. The fourth-order valence-corrected chi connectivity index (χ4v) is 2.59. The molecule has 0 saturated carbocycles. The predicted molar refractivity (Wildman–Crippen MR) is 69.3 cm³/mol. The first-order chi connectivity index (χ1) is 8.67. The second-order valence-electron chi connectivity index (χ2n) is 4.24. The predicted octanol–water partition coefficient (Wildman–Crippen LogP) is 1.07. The van der Waals surface area contributed by atoms with Crippen molar-refractivity contribution in [1.29, 1.82) is 0 Å². The van der Waals surface area contributed by atoms with Crippen molar-refractivity contribution in [2.75, 3.05) is 20.3 Å². The van der Waals surface area contributed by atoms with Crippen LogP contribution in [-0.2, 0) is 4.74 Å². The van der Waals surface area contributed by atoms with E-state index in [2.05, 4.69) is 20.9 Å². The van der Waals surface area contributed by atoms with Crippen LogP contribution in [0.3, 0.4) is 0 Å². The molecule has 6 heteroatoms. The van der Waals surface area contributed by atoms with Crippen LogP contribution in [0.1, 0.15) is 16.8 Å². The molecule has 1 aromatic rings.